The van der Waals surface area contributed by atoms with Gasteiger partial charge in [-0.3, -0.25) is 5.43 Å². The lowest BCUT2D eigenvalue weighted by Gasteiger charge is -2.22. The highest BCUT2D eigenvalue weighted by Gasteiger charge is 2.33. The zero-order valence-electron chi connectivity index (χ0n) is 8.46. The second kappa shape index (κ2) is 7.09. The highest BCUT2D eigenvalue weighted by Crippen LogP contribution is 2.04. The largest absolute Gasteiger partial charge is 0.479 e. The van der Waals surface area contributed by atoms with E-state index in [4.69, 9.17) is 21.1 Å². The van der Waals surface area contributed by atoms with Gasteiger partial charge in [-0.2, -0.15) is 5.10 Å². The van der Waals surface area contributed by atoms with E-state index in [1.54, 1.807) is 0 Å². The number of carboxylic acids is 1. The van der Waals surface area contributed by atoms with E-state index in [1.807, 2.05) is 0 Å². The Balaban J connectivity index is 4.38. The summed E-state index contributed by atoms with van der Waals surface area (Å²) in [5, 5.41) is 48.0. The summed E-state index contributed by atoms with van der Waals surface area (Å²) in [5.74, 6) is -1.73. The number of hydrogen-bond donors (Lipinski definition) is 7. The number of nitrogens with zero attached hydrogens (tertiary/aromatic N) is 1. The van der Waals surface area contributed by atoms with Crippen LogP contribution in [0.4, 0.5) is 0 Å². The average Bonchev–Trinajstić information content (AvgIpc) is 2.25. The van der Waals surface area contributed by atoms with Crippen LogP contribution in [0.3, 0.4) is 0 Å². The number of nitrogens with two attached hydrogens (primary N) is 1. The molecule has 0 amide bonds. The molecule has 0 heterocycles. The Bertz CT molecular complexity index is 312. The average molecular weight is 267 g/mol. The third kappa shape index (κ3) is 5.51. The minimum Gasteiger partial charge on any atom is -0.479 e. The molecule has 0 saturated heterocycles. The summed E-state index contributed by atoms with van der Waals surface area (Å²) in [4.78, 5) is 10.3. The lowest BCUT2D eigenvalue weighted by atomic mass is 10.0. The number of hydrazone groups is 1. The number of nitrogens with one attached hydrogen (secondary N) is 1. The van der Waals surface area contributed by atoms with Crippen LogP contribution in [-0.2, 0) is 4.79 Å². The second-order valence-corrected chi connectivity index (χ2v) is 3.45. The van der Waals surface area contributed by atoms with Crippen molar-refractivity contribution in [1.82, 2.24) is 5.43 Å². The van der Waals surface area contributed by atoms with E-state index in [-0.39, 0.29) is 5.11 Å². The van der Waals surface area contributed by atoms with E-state index in [1.165, 1.54) is 0 Å². The van der Waals surface area contributed by atoms with Gasteiger partial charge in [0, 0.05) is 0 Å². The molecule has 9 nitrogen and oxygen atoms in total. The van der Waals surface area contributed by atoms with Gasteiger partial charge in [-0.25, -0.2) is 4.79 Å². The van der Waals surface area contributed by atoms with Crippen LogP contribution in [0.2, 0.25) is 0 Å². The van der Waals surface area contributed by atoms with Crippen molar-refractivity contribution in [3.8, 4) is 0 Å². The number of carbonyl (C=O) groups is 1. The van der Waals surface area contributed by atoms with E-state index in [9.17, 15) is 15.0 Å². The van der Waals surface area contributed by atoms with E-state index >= 15 is 0 Å². The maximum atomic E-state index is 10.3. The number of carboxylic acid groups (broad SMARTS) is 1. The Morgan fingerprint density at radius 2 is 1.82 bits per heavy atom. The minimum atomic E-state index is -2.23. The third-order valence-electron chi connectivity index (χ3n) is 1.68. The molecular weight excluding hydrogens is 254 g/mol. The van der Waals surface area contributed by atoms with Gasteiger partial charge >= 0.3 is 5.97 Å². The topological polar surface area (TPSA) is 169 Å². The molecular formula is C7H13N3O6S. The van der Waals surface area contributed by atoms with Gasteiger partial charge in [0.25, 0.3) is 0 Å². The molecule has 0 spiro atoms. The number of aliphatic carboxylic acids is 1. The van der Waals surface area contributed by atoms with Crippen molar-refractivity contribution in [3.63, 3.8) is 0 Å². The van der Waals surface area contributed by atoms with Crippen LogP contribution < -0.4 is 11.2 Å². The lowest BCUT2D eigenvalue weighted by Crippen LogP contribution is -2.48. The van der Waals surface area contributed by atoms with Crippen molar-refractivity contribution in [2.75, 3.05) is 0 Å². The lowest BCUT2D eigenvalue weighted by molar-refractivity contribution is -0.160. The Morgan fingerprint density at radius 3 is 2.24 bits per heavy atom. The fraction of sp³-hybridized carbons (Fsp3) is 0.571. The summed E-state index contributed by atoms with van der Waals surface area (Å²) >= 11 is 4.38. The van der Waals surface area contributed by atoms with Crippen LogP contribution >= 0.6 is 12.2 Å². The Morgan fingerprint density at radius 1 is 1.29 bits per heavy atom. The van der Waals surface area contributed by atoms with Gasteiger partial charge in [0.15, 0.2) is 11.2 Å². The molecule has 17 heavy (non-hydrogen) atoms. The molecule has 8 N–H and O–H groups in total. The molecule has 0 aromatic heterocycles. The first-order valence-electron chi connectivity index (χ1n) is 4.31. The fourth-order valence-electron chi connectivity index (χ4n) is 0.800. The van der Waals surface area contributed by atoms with Gasteiger partial charge in [0.2, 0.25) is 0 Å². The van der Waals surface area contributed by atoms with Crippen LogP contribution in [0.1, 0.15) is 0 Å². The zero-order chi connectivity index (χ0) is 13.6. The summed E-state index contributed by atoms with van der Waals surface area (Å²) in [5.41, 5.74) is 7.07. The van der Waals surface area contributed by atoms with Crippen molar-refractivity contribution < 1.29 is 30.3 Å². The first kappa shape index (κ1) is 15.7. The number of thiocarbonyl (C=S) groups is 1. The van der Waals surface area contributed by atoms with Crippen molar-refractivity contribution in [2.24, 2.45) is 10.8 Å². The van der Waals surface area contributed by atoms with Crippen molar-refractivity contribution in [3.05, 3.63) is 0 Å². The van der Waals surface area contributed by atoms with Crippen LogP contribution in [-0.4, -0.2) is 67.2 Å². The van der Waals surface area contributed by atoms with Crippen LogP contribution in [0, 0.1) is 0 Å². The molecule has 4 atom stereocenters. The minimum absolute atomic E-state index is 0.186. The molecule has 0 radical (unpaired) electrons. The fourth-order valence-corrected chi connectivity index (χ4v) is 0.853. The molecule has 0 aromatic rings. The number of hydrogen-bond acceptors (Lipinski definition) is 7. The van der Waals surface area contributed by atoms with Gasteiger partial charge in [-0.15, -0.1) is 0 Å². The molecule has 0 aromatic carbocycles. The van der Waals surface area contributed by atoms with Gasteiger partial charge in [0.1, 0.15) is 18.3 Å². The second-order valence-electron chi connectivity index (χ2n) is 3.01. The molecule has 0 saturated carbocycles. The molecule has 0 aliphatic heterocycles. The smallest absolute Gasteiger partial charge is 0.335 e. The molecule has 0 aliphatic rings. The molecule has 0 bridgehead atoms. The molecule has 0 fully saturated rings. The summed E-state index contributed by atoms with van der Waals surface area (Å²) < 4.78 is 0. The van der Waals surface area contributed by atoms with Crippen LogP contribution in [0.5, 0.6) is 0 Å². The predicted molar refractivity (Wildman–Crippen MR) is 60.1 cm³/mol. The van der Waals surface area contributed by atoms with Gasteiger partial charge in [0.05, 0.1) is 6.21 Å². The quantitative estimate of drug-likeness (QED) is 0.146. The van der Waals surface area contributed by atoms with Gasteiger partial charge in [-0.05, 0) is 12.2 Å². The van der Waals surface area contributed by atoms with Crippen LogP contribution in [0.15, 0.2) is 5.10 Å². The monoisotopic (exact) mass is 267 g/mol. The summed E-state index contributed by atoms with van der Waals surface area (Å²) in [6, 6.07) is 0. The molecule has 0 unspecified atom stereocenters. The first-order chi connectivity index (χ1) is 7.77. The Hall–Kier alpha value is -1.33. The predicted octanol–water partition coefficient (Wildman–Crippen LogP) is -3.67. The Labute approximate surface area is 101 Å². The van der Waals surface area contributed by atoms with Crippen molar-refractivity contribution >= 4 is 29.5 Å². The number of rotatable bonds is 6. The van der Waals surface area contributed by atoms with E-state index in [0.717, 1.165) is 6.21 Å². The molecule has 98 valence electrons. The van der Waals surface area contributed by atoms with Gasteiger partial charge < -0.3 is 31.3 Å². The van der Waals surface area contributed by atoms with E-state index in [2.05, 4.69) is 22.7 Å². The zero-order valence-corrected chi connectivity index (χ0v) is 9.28. The van der Waals surface area contributed by atoms with E-state index in [0.29, 0.717) is 0 Å². The summed E-state index contributed by atoms with van der Waals surface area (Å²) in [6.07, 6.45) is -7.20. The Kier molecular flexibility index (Phi) is 6.53. The number of aliphatic hydroxyl groups is 4. The maximum absolute atomic E-state index is 10.3. The highest BCUT2D eigenvalue weighted by atomic mass is 32.1. The molecule has 10 heteroatoms. The van der Waals surface area contributed by atoms with Crippen molar-refractivity contribution in [1.29, 1.82) is 0 Å². The maximum Gasteiger partial charge on any atom is 0.335 e. The van der Waals surface area contributed by atoms with Gasteiger partial charge in [-0.1, -0.05) is 0 Å². The SMILES string of the molecule is NC(=S)N/N=C\[C@H](O)[C@H](O)[C@H](O)[C@@H](O)C(=O)O. The van der Waals surface area contributed by atoms with Crippen molar-refractivity contribution in [2.45, 2.75) is 24.4 Å². The summed E-state index contributed by atoms with van der Waals surface area (Å²) in [7, 11) is 0. The first-order valence-corrected chi connectivity index (χ1v) is 4.72. The summed E-state index contributed by atoms with van der Waals surface area (Å²) in [6.45, 7) is 0. The number of aliphatic hydroxyl groups excluding tert-OH is 4. The van der Waals surface area contributed by atoms with Crippen LogP contribution in [0.25, 0.3) is 0 Å². The standard InChI is InChI=1S/C7H13N3O6S/c8-7(17)10-9-1-2(11)3(12)4(13)5(14)6(15)16/h1-5,11-14H,(H,15,16)(H3,8,10,17)/b9-1-/t2-,3-,4-,5+/m0/s1. The third-order valence-corrected chi connectivity index (χ3v) is 1.77. The van der Waals surface area contributed by atoms with E-state index < -0.39 is 30.4 Å². The molecule has 0 aliphatic carbocycles. The molecule has 0 rings (SSSR count). The normalized spacial score (nSPS) is 18.4. The highest BCUT2D eigenvalue weighted by molar-refractivity contribution is 7.80.